The second-order valence-corrected chi connectivity index (χ2v) is 9.47. The van der Waals surface area contributed by atoms with E-state index in [1.54, 1.807) is 24.3 Å². The largest absolute Gasteiger partial charge is 0.333 e. The lowest BCUT2D eigenvalue weighted by Crippen LogP contribution is -3.19. The number of sulfonamides is 1. The first-order valence-electron chi connectivity index (χ1n) is 9.38. The van der Waals surface area contributed by atoms with Crippen LogP contribution >= 0.6 is 0 Å². The first-order chi connectivity index (χ1) is 12.2. The van der Waals surface area contributed by atoms with Gasteiger partial charge in [-0.25, -0.2) is 8.42 Å². The zero-order valence-electron chi connectivity index (χ0n) is 16.5. The summed E-state index contributed by atoms with van der Waals surface area (Å²) in [6.45, 7) is 12.2. The predicted octanol–water partition coefficient (Wildman–Crippen LogP) is 0.610. The van der Waals surface area contributed by atoms with Crippen molar-refractivity contribution in [2.24, 2.45) is 0 Å². The summed E-state index contributed by atoms with van der Waals surface area (Å²) in [7, 11) is -3.45. The van der Waals surface area contributed by atoms with Crippen LogP contribution in [0.4, 0.5) is 0 Å². The smallest absolute Gasteiger partial charge is 0.281 e. The van der Waals surface area contributed by atoms with Crippen molar-refractivity contribution in [3.63, 3.8) is 0 Å². The molecular formula is C19H32N3O3S+. The van der Waals surface area contributed by atoms with Gasteiger partial charge in [0.25, 0.3) is 5.91 Å². The lowest BCUT2D eigenvalue weighted by molar-refractivity contribution is -0.918. The molecule has 0 unspecified atom stereocenters. The molecule has 1 fully saturated rings. The van der Waals surface area contributed by atoms with E-state index in [2.05, 4.69) is 0 Å². The maximum Gasteiger partial charge on any atom is 0.281 e. The third kappa shape index (κ3) is 4.45. The van der Waals surface area contributed by atoms with E-state index in [4.69, 9.17) is 0 Å². The van der Waals surface area contributed by atoms with Gasteiger partial charge < -0.3 is 9.80 Å². The molecule has 1 aromatic rings. The molecule has 1 N–H and O–H groups in total. The summed E-state index contributed by atoms with van der Waals surface area (Å²) in [5, 5.41) is 0. The van der Waals surface area contributed by atoms with Crippen LogP contribution in [0.15, 0.2) is 35.2 Å². The third-order valence-electron chi connectivity index (χ3n) is 5.10. The number of carbonyl (C=O) groups excluding carboxylic acids is 1. The number of amides is 1. The molecule has 1 aromatic carbocycles. The molecule has 2 rings (SSSR count). The summed E-state index contributed by atoms with van der Waals surface area (Å²) in [4.78, 5) is 16.3. The normalized spacial score (nSPS) is 18.3. The van der Waals surface area contributed by atoms with E-state index in [0.29, 0.717) is 31.1 Å². The number of quaternary nitrogens is 1. The van der Waals surface area contributed by atoms with E-state index >= 15 is 0 Å². The van der Waals surface area contributed by atoms with E-state index in [1.165, 1.54) is 4.31 Å². The summed E-state index contributed by atoms with van der Waals surface area (Å²) < 4.78 is 27.0. The highest BCUT2D eigenvalue weighted by atomic mass is 32.2. The van der Waals surface area contributed by atoms with Crippen molar-refractivity contribution in [1.29, 1.82) is 0 Å². The molecule has 0 aliphatic carbocycles. The maximum absolute atomic E-state index is 12.9. The fourth-order valence-corrected chi connectivity index (χ4v) is 5.15. The van der Waals surface area contributed by atoms with Crippen molar-refractivity contribution in [2.45, 2.75) is 57.6 Å². The summed E-state index contributed by atoms with van der Waals surface area (Å²) in [6.07, 6.45) is 0. The van der Waals surface area contributed by atoms with Gasteiger partial charge in [0, 0.05) is 12.1 Å². The number of benzene rings is 1. The fraction of sp³-hybridized carbons (Fsp3) is 0.632. The van der Waals surface area contributed by atoms with Crippen LogP contribution in [0.5, 0.6) is 0 Å². The molecule has 6 nitrogen and oxygen atoms in total. The van der Waals surface area contributed by atoms with Crippen LogP contribution in [0.25, 0.3) is 0 Å². The van der Waals surface area contributed by atoms with Gasteiger partial charge in [-0.05, 0) is 46.8 Å². The van der Waals surface area contributed by atoms with E-state index < -0.39 is 10.0 Å². The molecule has 1 aliphatic rings. The van der Waals surface area contributed by atoms with E-state index in [0.717, 1.165) is 4.90 Å². The first-order valence-corrected chi connectivity index (χ1v) is 10.8. The Balaban J connectivity index is 2.03. The van der Waals surface area contributed by atoms with Crippen molar-refractivity contribution in [1.82, 2.24) is 9.21 Å². The standard InChI is InChI=1S/C19H31N3O3S/c1-15(2)22(16(3)4)19(23)17(5)20-11-13-21(14-12-20)26(24,25)18-9-7-6-8-10-18/h6-10,15-17H,11-14H2,1-5H3/p+1/t17-/m0/s1. The van der Waals surface area contributed by atoms with Crippen LogP contribution in [0.2, 0.25) is 0 Å². The van der Waals surface area contributed by atoms with Gasteiger partial charge in [0.2, 0.25) is 10.0 Å². The van der Waals surface area contributed by atoms with E-state index in [9.17, 15) is 13.2 Å². The molecular weight excluding hydrogens is 350 g/mol. The van der Waals surface area contributed by atoms with Gasteiger partial charge in [-0.2, -0.15) is 4.31 Å². The number of hydrogen-bond donors (Lipinski definition) is 1. The number of rotatable bonds is 6. The van der Waals surface area contributed by atoms with Crippen LogP contribution in [0, 0.1) is 0 Å². The minimum atomic E-state index is -3.45. The summed E-state index contributed by atoms with van der Waals surface area (Å²) in [6, 6.07) is 8.69. The zero-order valence-corrected chi connectivity index (χ0v) is 17.3. The lowest BCUT2D eigenvalue weighted by atomic mass is 10.1. The SMILES string of the molecule is CC(C)N(C(=O)[C@H](C)[NH+]1CCN(S(=O)(=O)c2ccccc2)CC1)C(C)C. The molecule has 0 bridgehead atoms. The minimum absolute atomic E-state index is 0.143. The Hall–Kier alpha value is -1.44. The van der Waals surface area contributed by atoms with Crippen molar-refractivity contribution in [2.75, 3.05) is 26.2 Å². The Morgan fingerprint density at radius 2 is 1.50 bits per heavy atom. The maximum atomic E-state index is 12.9. The van der Waals surface area contributed by atoms with Crippen LogP contribution in [-0.4, -0.2) is 67.8 Å². The average molecular weight is 383 g/mol. The average Bonchev–Trinajstić information content (AvgIpc) is 2.61. The van der Waals surface area contributed by atoms with Crippen LogP contribution in [0.1, 0.15) is 34.6 Å². The molecule has 0 saturated carbocycles. The van der Waals surface area contributed by atoms with Gasteiger partial charge in [-0.1, -0.05) is 18.2 Å². The number of nitrogens with zero attached hydrogens (tertiary/aromatic N) is 2. The Kier molecular flexibility index (Phi) is 6.82. The first kappa shape index (κ1) is 20.9. The van der Waals surface area contributed by atoms with Crippen molar-refractivity contribution >= 4 is 15.9 Å². The van der Waals surface area contributed by atoms with Crippen LogP contribution in [0.3, 0.4) is 0 Å². The van der Waals surface area contributed by atoms with Gasteiger partial charge in [-0.3, -0.25) is 4.79 Å². The second kappa shape index (κ2) is 8.50. The highest BCUT2D eigenvalue weighted by Gasteiger charge is 2.36. The van der Waals surface area contributed by atoms with Gasteiger partial charge in [0.15, 0.2) is 6.04 Å². The minimum Gasteiger partial charge on any atom is -0.333 e. The molecule has 1 heterocycles. The van der Waals surface area contributed by atoms with Gasteiger partial charge in [-0.15, -0.1) is 0 Å². The highest BCUT2D eigenvalue weighted by Crippen LogP contribution is 2.15. The van der Waals surface area contributed by atoms with E-state index in [1.807, 2.05) is 45.6 Å². The summed E-state index contributed by atoms with van der Waals surface area (Å²) >= 11 is 0. The van der Waals surface area contributed by atoms with Gasteiger partial charge >= 0.3 is 0 Å². The molecule has 7 heteroatoms. The Morgan fingerprint density at radius 1 is 1.00 bits per heavy atom. The molecule has 146 valence electrons. The van der Waals surface area contributed by atoms with Crippen molar-refractivity contribution in [3.8, 4) is 0 Å². The quantitative estimate of drug-likeness (QED) is 0.784. The predicted molar refractivity (Wildman–Crippen MR) is 102 cm³/mol. The Bertz CT molecular complexity index is 688. The molecule has 0 spiro atoms. The molecule has 1 atom stereocenters. The van der Waals surface area contributed by atoms with Gasteiger partial charge in [0.1, 0.15) is 0 Å². The fourth-order valence-electron chi connectivity index (χ4n) is 3.69. The van der Waals surface area contributed by atoms with Crippen molar-refractivity contribution < 1.29 is 18.1 Å². The number of nitrogens with one attached hydrogen (secondary N) is 1. The lowest BCUT2D eigenvalue weighted by Gasteiger charge is -2.38. The van der Waals surface area contributed by atoms with Crippen molar-refractivity contribution in [3.05, 3.63) is 30.3 Å². The highest BCUT2D eigenvalue weighted by molar-refractivity contribution is 7.89. The molecule has 0 aromatic heterocycles. The van der Waals surface area contributed by atoms with Gasteiger partial charge in [0.05, 0.1) is 31.1 Å². The molecule has 1 amide bonds. The Morgan fingerprint density at radius 3 is 1.96 bits per heavy atom. The third-order valence-corrected chi connectivity index (χ3v) is 7.01. The second-order valence-electron chi connectivity index (χ2n) is 7.53. The zero-order chi connectivity index (χ0) is 19.5. The number of hydrogen-bond acceptors (Lipinski definition) is 3. The van der Waals surface area contributed by atoms with E-state index in [-0.39, 0.29) is 24.0 Å². The Labute approximate surface area is 157 Å². The molecule has 1 saturated heterocycles. The molecule has 26 heavy (non-hydrogen) atoms. The number of piperazine rings is 1. The van der Waals surface area contributed by atoms with Crippen LogP contribution < -0.4 is 4.90 Å². The summed E-state index contributed by atoms with van der Waals surface area (Å²) in [5.41, 5.74) is 0. The monoisotopic (exact) mass is 382 g/mol. The number of carbonyl (C=O) groups is 1. The van der Waals surface area contributed by atoms with Crippen LogP contribution in [-0.2, 0) is 14.8 Å². The molecule has 0 radical (unpaired) electrons. The molecule has 1 aliphatic heterocycles. The topological polar surface area (TPSA) is 62.1 Å². The summed E-state index contributed by atoms with van der Waals surface area (Å²) in [5.74, 6) is 0.143.